The van der Waals surface area contributed by atoms with Crippen LogP contribution in [0.15, 0.2) is 42.5 Å². The van der Waals surface area contributed by atoms with Gasteiger partial charge < -0.3 is 5.11 Å². The van der Waals surface area contributed by atoms with Crippen molar-refractivity contribution in [1.29, 1.82) is 0 Å². The zero-order valence-electron chi connectivity index (χ0n) is 8.37. The van der Waals surface area contributed by atoms with E-state index >= 15 is 0 Å². The zero-order valence-corrected chi connectivity index (χ0v) is 8.37. The van der Waals surface area contributed by atoms with E-state index in [1.165, 1.54) is 6.07 Å². The maximum absolute atomic E-state index is 13.5. The molecule has 0 aliphatic heterocycles. The fourth-order valence-corrected chi connectivity index (χ4v) is 1.55. The minimum Gasteiger partial charge on any atom is -0.508 e. The summed E-state index contributed by atoms with van der Waals surface area (Å²) in [6.45, 7) is 1.96. The lowest BCUT2D eigenvalue weighted by atomic mass is 10.0. The summed E-state index contributed by atoms with van der Waals surface area (Å²) in [7, 11) is 0. The van der Waals surface area contributed by atoms with E-state index in [0.29, 0.717) is 5.56 Å². The summed E-state index contributed by atoms with van der Waals surface area (Å²) >= 11 is 0. The number of halogens is 1. The average molecular weight is 202 g/mol. The number of benzene rings is 2. The van der Waals surface area contributed by atoms with E-state index in [-0.39, 0.29) is 5.75 Å². The summed E-state index contributed by atoms with van der Waals surface area (Å²) in [5.74, 6) is -0.454. The van der Waals surface area contributed by atoms with Gasteiger partial charge in [-0.25, -0.2) is 4.39 Å². The van der Waals surface area contributed by atoms with Crippen LogP contribution in [0.4, 0.5) is 4.39 Å². The normalized spacial score (nSPS) is 10.3. The van der Waals surface area contributed by atoms with Crippen molar-refractivity contribution in [2.45, 2.75) is 6.92 Å². The van der Waals surface area contributed by atoms with Gasteiger partial charge in [0.2, 0.25) is 0 Å². The molecule has 0 radical (unpaired) electrons. The molecule has 0 saturated heterocycles. The summed E-state index contributed by atoms with van der Waals surface area (Å²) in [5.41, 5.74) is 2.42. The van der Waals surface area contributed by atoms with E-state index in [9.17, 15) is 4.39 Å². The molecule has 0 unspecified atom stereocenters. The van der Waals surface area contributed by atoms with Crippen molar-refractivity contribution in [2.75, 3.05) is 0 Å². The second-order valence-corrected chi connectivity index (χ2v) is 3.53. The van der Waals surface area contributed by atoms with Gasteiger partial charge in [-0.2, -0.15) is 0 Å². The Labute approximate surface area is 87.8 Å². The summed E-state index contributed by atoms with van der Waals surface area (Å²) < 4.78 is 13.5. The maximum atomic E-state index is 13.5. The average Bonchev–Trinajstić information content (AvgIpc) is 2.17. The van der Waals surface area contributed by atoms with Crippen molar-refractivity contribution in [2.24, 2.45) is 0 Å². The Morgan fingerprint density at radius 1 is 1.07 bits per heavy atom. The molecule has 0 aliphatic rings. The lowest BCUT2D eigenvalue weighted by Crippen LogP contribution is -1.84. The van der Waals surface area contributed by atoms with Crippen LogP contribution >= 0.6 is 0 Å². The molecule has 2 heteroatoms. The first-order chi connectivity index (χ1) is 7.16. The first-order valence-electron chi connectivity index (χ1n) is 4.72. The summed E-state index contributed by atoms with van der Waals surface area (Å²) in [6.07, 6.45) is 0. The molecule has 15 heavy (non-hydrogen) atoms. The minimum absolute atomic E-state index is 0.0519. The predicted octanol–water partition coefficient (Wildman–Crippen LogP) is 3.51. The number of hydrogen-bond acceptors (Lipinski definition) is 1. The Morgan fingerprint density at radius 2 is 1.87 bits per heavy atom. The molecule has 1 nitrogen and oxygen atoms in total. The Hall–Kier alpha value is -1.83. The molecule has 2 aromatic rings. The van der Waals surface area contributed by atoms with Crippen molar-refractivity contribution >= 4 is 0 Å². The van der Waals surface area contributed by atoms with Crippen molar-refractivity contribution in [1.82, 2.24) is 0 Å². The highest BCUT2D eigenvalue weighted by Crippen LogP contribution is 2.26. The van der Waals surface area contributed by atoms with Gasteiger partial charge in [0.15, 0.2) is 0 Å². The predicted molar refractivity (Wildman–Crippen MR) is 58.2 cm³/mol. The Bertz CT molecular complexity index is 492. The molecule has 0 bridgehead atoms. The quantitative estimate of drug-likeness (QED) is 0.750. The van der Waals surface area contributed by atoms with Crippen LogP contribution in [0.25, 0.3) is 11.1 Å². The fraction of sp³-hybridized carbons (Fsp3) is 0.0769. The first-order valence-corrected chi connectivity index (χ1v) is 4.72. The smallest absolute Gasteiger partial charge is 0.134 e. The van der Waals surface area contributed by atoms with Gasteiger partial charge in [0.25, 0.3) is 0 Å². The van der Waals surface area contributed by atoms with Gasteiger partial charge in [-0.3, -0.25) is 0 Å². The molecule has 0 fully saturated rings. The van der Waals surface area contributed by atoms with Crippen LogP contribution < -0.4 is 0 Å². The summed E-state index contributed by atoms with van der Waals surface area (Å²) in [4.78, 5) is 0. The molecular weight excluding hydrogens is 191 g/mol. The third-order valence-electron chi connectivity index (χ3n) is 2.28. The van der Waals surface area contributed by atoms with Crippen LogP contribution in [0.3, 0.4) is 0 Å². The highest BCUT2D eigenvalue weighted by molar-refractivity contribution is 5.65. The van der Waals surface area contributed by atoms with Crippen molar-refractivity contribution in [3.05, 3.63) is 53.8 Å². The molecule has 0 aromatic heterocycles. The third kappa shape index (κ3) is 1.99. The van der Waals surface area contributed by atoms with E-state index in [0.717, 1.165) is 17.2 Å². The molecule has 1 N–H and O–H groups in total. The summed E-state index contributed by atoms with van der Waals surface area (Å²) in [6, 6.07) is 11.8. The second-order valence-electron chi connectivity index (χ2n) is 3.53. The minimum atomic E-state index is -0.402. The van der Waals surface area contributed by atoms with Gasteiger partial charge in [0, 0.05) is 11.6 Å². The van der Waals surface area contributed by atoms with Gasteiger partial charge >= 0.3 is 0 Å². The van der Waals surface area contributed by atoms with Crippen molar-refractivity contribution in [3.63, 3.8) is 0 Å². The monoisotopic (exact) mass is 202 g/mol. The lowest BCUT2D eigenvalue weighted by Gasteiger charge is -2.04. The van der Waals surface area contributed by atoms with E-state index in [4.69, 9.17) is 5.11 Å². The Balaban J connectivity index is 2.54. The van der Waals surface area contributed by atoms with Crippen LogP contribution in [-0.2, 0) is 0 Å². The number of hydrogen-bond donors (Lipinski definition) is 1. The number of phenols is 1. The topological polar surface area (TPSA) is 20.2 Å². The molecule has 0 atom stereocenters. The number of phenolic OH excluding ortho intramolecular Hbond substituents is 1. The standard InChI is InChI=1S/C13H11FO/c1-9-3-2-4-10(7-9)12-6-5-11(15)8-13(12)14/h2-8,15H,1H3. The van der Waals surface area contributed by atoms with Gasteiger partial charge in [0.1, 0.15) is 11.6 Å². The Morgan fingerprint density at radius 3 is 2.53 bits per heavy atom. The third-order valence-corrected chi connectivity index (χ3v) is 2.28. The van der Waals surface area contributed by atoms with Crippen LogP contribution in [0.5, 0.6) is 5.75 Å². The molecule has 76 valence electrons. The Kier molecular flexibility index (Phi) is 2.42. The number of aromatic hydroxyl groups is 1. The van der Waals surface area contributed by atoms with E-state index in [1.807, 2.05) is 31.2 Å². The van der Waals surface area contributed by atoms with E-state index in [1.54, 1.807) is 6.07 Å². The van der Waals surface area contributed by atoms with Crippen LogP contribution in [-0.4, -0.2) is 5.11 Å². The second kappa shape index (κ2) is 3.73. The van der Waals surface area contributed by atoms with Gasteiger partial charge in [-0.1, -0.05) is 29.8 Å². The highest BCUT2D eigenvalue weighted by Gasteiger charge is 2.05. The molecule has 0 amide bonds. The SMILES string of the molecule is Cc1cccc(-c2ccc(O)cc2F)c1. The van der Waals surface area contributed by atoms with E-state index < -0.39 is 5.82 Å². The molecule has 0 spiro atoms. The molecule has 2 aromatic carbocycles. The van der Waals surface area contributed by atoms with Crippen LogP contribution in [0, 0.1) is 12.7 Å². The summed E-state index contributed by atoms with van der Waals surface area (Å²) in [5, 5.41) is 9.10. The largest absolute Gasteiger partial charge is 0.508 e. The molecule has 0 saturated carbocycles. The number of aryl methyl sites for hydroxylation is 1. The highest BCUT2D eigenvalue weighted by atomic mass is 19.1. The van der Waals surface area contributed by atoms with Gasteiger partial charge in [-0.15, -0.1) is 0 Å². The number of rotatable bonds is 1. The maximum Gasteiger partial charge on any atom is 0.134 e. The zero-order chi connectivity index (χ0) is 10.8. The van der Waals surface area contributed by atoms with Gasteiger partial charge in [0.05, 0.1) is 0 Å². The molecule has 0 heterocycles. The van der Waals surface area contributed by atoms with Crippen LogP contribution in [0.2, 0.25) is 0 Å². The molecule has 2 rings (SSSR count). The van der Waals surface area contributed by atoms with E-state index in [2.05, 4.69) is 0 Å². The lowest BCUT2D eigenvalue weighted by molar-refractivity contribution is 0.469. The fourth-order valence-electron chi connectivity index (χ4n) is 1.55. The van der Waals surface area contributed by atoms with Crippen LogP contribution in [0.1, 0.15) is 5.56 Å². The molecule has 0 aliphatic carbocycles. The first kappa shape index (κ1) is 9.71. The van der Waals surface area contributed by atoms with Crippen molar-refractivity contribution in [3.8, 4) is 16.9 Å². The van der Waals surface area contributed by atoms with Crippen molar-refractivity contribution < 1.29 is 9.50 Å². The van der Waals surface area contributed by atoms with Gasteiger partial charge in [-0.05, 0) is 24.6 Å². The molecular formula is C13H11FO.